The van der Waals surface area contributed by atoms with Crippen molar-refractivity contribution in [3.05, 3.63) is 58.0 Å². The number of piperidine rings is 1. The number of hydrogen-bond acceptors (Lipinski definition) is 4. The molecule has 0 atom stereocenters. The summed E-state index contributed by atoms with van der Waals surface area (Å²) >= 11 is 12.0. The number of amides is 2. The van der Waals surface area contributed by atoms with E-state index in [4.69, 9.17) is 27.6 Å². The summed E-state index contributed by atoms with van der Waals surface area (Å²) in [6.07, 6.45) is 3.08. The van der Waals surface area contributed by atoms with E-state index in [0.29, 0.717) is 29.7 Å². The van der Waals surface area contributed by atoms with Crippen molar-refractivity contribution in [3.63, 3.8) is 0 Å². The van der Waals surface area contributed by atoms with E-state index in [1.165, 1.54) is 0 Å². The van der Waals surface area contributed by atoms with E-state index in [1.54, 1.807) is 36.4 Å². The van der Waals surface area contributed by atoms with Gasteiger partial charge in [-0.1, -0.05) is 29.3 Å². The monoisotopic (exact) mass is 437 g/mol. The molecular formula is C21H25Cl2N3O3. The van der Waals surface area contributed by atoms with Crippen LogP contribution in [0.1, 0.15) is 24.2 Å². The number of nitrogens with zero attached hydrogens (tertiary/aromatic N) is 2. The fourth-order valence-corrected chi connectivity index (χ4v) is 3.72. The third-order valence-electron chi connectivity index (χ3n) is 5.16. The molecular weight excluding hydrogens is 413 g/mol. The van der Waals surface area contributed by atoms with Gasteiger partial charge in [-0.2, -0.15) is 0 Å². The molecule has 2 aromatic rings. The van der Waals surface area contributed by atoms with E-state index in [2.05, 4.69) is 10.2 Å². The number of carbonyl (C=O) groups excluding carboxylic acids is 2. The van der Waals surface area contributed by atoms with E-state index in [-0.39, 0.29) is 17.7 Å². The Morgan fingerprint density at radius 1 is 1.21 bits per heavy atom. The normalized spacial score (nSPS) is 15.3. The minimum Gasteiger partial charge on any atom is -0.467 e. The lowest BCUT2D eigenvalue weighted by molar-refractivity contribution is -0.132. The van der Waals surface area contributed by atoms with Gasteiger partial charge < -0.3 is 14.6 Å². The van der Waals surface area contributed by atoms with Crippen LogP contribution < -0.4 is 5.32 Å². The van der Waals surface area contributed by atoms with Gasteiger partial charge in [-0.25, -0.2) is 0 Å². The van der Waals surface area contributed by atoms with Gasteiger partial charge in [0.05, 0.1) is 29.4 Å². The molecule has 29 heavy (non-hydrogen) atoms. The van der Waals surface area contributed by atoms with Crippen molar-refractivity contribution >= 4 is 35.0 Å². The highest BCUT2D eigenvalue weighted by molar-refractivity contribution is 6.42. The summed E-state index contributed by atoms with van der Waals surface area (Å²) in [5, 5.41) is 3.90. The highest BCUT2D eigenvalue weighted by Gasteiger charge is 2.26. The lowest BCUT2D eigenvalue weighted by atomic mass is 9.96. The van der Waals surface area contributed by atoms with Crippen molar-refractivity contribution in [2.24, 2.45) is 5.92 Å². The molecule has 1 aliphatic rings. The summed E-state index contributed by atoms with van der Waals surface area (Å²) in [5.41, 5.74) is 0.933. The fraction of sp³-hybridized carbons (Fsp3) is 0.429. The minimum atomic E-state index is -0.0229. The molecule has 1 N–H and O–H groups in total. The van der Waals surface area contributed by atoms with Gasteiger partial charge in [0.15, 0.2) is 0 Å². The molecule has 156 valence electrons. The van der Waals surface area contributed by atoms with Gasteiger partial charge in [0.25, 0.3) is 0 Å². The number of nitrogens with one attached hydrogen (secondary N) is 1. The number of benzene rings is 1. The number of hydrogen-bond donors (Lipinski definition) is 1. The largest absolute Gasteiger partial charge is 0.467 e. The predicted molar refractivity (Wildman–Crippen MR) is 113 cm³/mol. The van der Waals surface area contributed by atoms with E-state index < -0.39 is 0 Å². The Balaban J connectivity index is 1.40. The summed E-state index contributed by atoms with van der Waals surface area (Å²) in [4.78, 5) is 28.7. The van der Waals surface area contributed by atoms with Crippen molar-refractivity contribution in [2.75, 3.05) is 26.7 Å². The molecule has 8 heteroatoms. The van der Waals surface area contributed by atoms with Gasteiger partial charge in [-0.15, -0.1) is 0 Å². The van der Waals surface area contributed by atoms with Crippen LogP contribution in [0.3, 0.4) is 0 Å². The van der Waals surface area contributed by atoms with Gasteiger partial charge in [0.1, 0.15) is 5.76 Å². The first-order valence-electron chi connectivity index (χ1n) is 9.62. The molecule has 0 unspecified atom stereocenters. The summed E-state index contributed by atoms with van der Waals surface area (Å²) in [6.45, 7) is 2.68. The average Bonchev–Trinajstić information content (AvgIpc) is 3.23. The molecule has 1 aliphatic heterocycles. The third-order valence-corrected chi connectivity index (χ3v) is 5.90. The zero-order valence-electron chi connectivity index (χ0n) is 16.4. The van der Waals surface area contributed by atoms with Crippen molar-refractivity contribution in [1.29, 1.82) is 0 Å². The number of carbonyl (C=O) groups is 2. The molecule has 0 saturated carbocycles. The van der Waals surface area contributed by atoms with Gasteiger partial charge in [-0.05, 0) is 55.8 Å². The Hall–Kier alpha value is -2.02. The number of halogens is 2. The first-order chi connectivity index (χ1) is 13.9. The van der Waals surface area contributed by atoms with Crippen molar-refractivity contribution in [1.82, 2.24) is 15.1 Å². The van der Waals surface area contributed by atoms with Gasteiger partial charge >= 0.3 is 0 Å². The van der Waals surface area contributed by atoms with Crippen molar-refractivity contribution < 1.29 is 14.0 Å². The molecule has 0 radical (unpaired) electrons. The number of likely N-dealkylation sites (N-methyl/N-ethyl adjacent to an activating group) is 1. The Morgan fingerprint density at radius 2 is 1.97 bits per heavy atom. The molecule has 2 amide bonds. The smallest absolute Gasteiger partial charge is 0.236 e. The number of rotatable bonds is 7. The number of likely N-dealkylation sites (tertiary alicyclic amines) is 1. The molecule has 1 fully saturated rings. The minimum absolute atomic E-state index is 0.0229. The highest BCUT2D eigenvalue weighted by atomic mass is 35.5. The van der Waals surface area contributed by atoms with E-state index >= 15 is 0 Å². The molecule has 0 bridgehead atoms. The quantitative estimate of drug-likeness (QED) is 0.718. The SMILES string of the molecule is CN(Cc1ccc(Cl)c(Cl)c1)C(=O)CN1CCC(C(=O)NCc2ccco2)CC1. The zero-order chi connectivity index (χ0) is 20.8. The Kier molecular flexibility index (Phi) is 7.58. The van der Waals surface area contributed by atoms with Gasteiger partial charge in [0.2, 0.25) is 11.8 Å². The maximum atomic E-state index is 12.6. The van der Waals surface area contributed by atoms with Crippen LogP contribution in [0, 0.1) is 5.92 Å². The van der Waals surface area contributed by atoms with Crippen LogP contribution in [0.2, 0.25) is 10.0 Å². The Labute approximate surface area is 180 Å². The summed E-state index contributed by atoms with van der Waals surface area (Å²) in [7, 11) is 1.78. The van der Waals surface area contributed by atoms with Crippen LogP contribution in [0.5, 0.6) is 0 Å². The standard InChI is InChI=1S/C21H25Cl2N3O3/c1-25(13-15-4-5-18(22)19(23)11-15)20(27)14-26-8-6-16(7-9-26)21(28)24-12-17-3-2-10-29-17/h2-5,10-11,16H,6-9,12-14H2,1H3,(H,24,28). The van der Waals surface area contributed by atoms with Crippen molar-refractivity contribution in [2.45, 2.75) is 25.9 Å². The summed E-state index contributed by atoms with van der Waals surface area (Å²) < 4.78 is 5.23. The maximum absolute atomic E-state index is 12.6. The van der Waals surface area contributed by atoms with Crippen LogP contribution in [0.4, 0.5) is 0 Å². The van der Waals surface area contributed by atoms with E-state index in [9.17, 15) is 9.59 Å². The Bertz CT molecular complexity index is 834. The molecule has 0 aliphatic carbocycles. The second kappa shape index (κ2) is 10.1. The molecule has 2 heterocycles. The van der Waals surface area contributed by atoms with Crippen LogP contribution in [0.25, 0.3) is 0 Å². The summed E-state index contributed by atoms with van der Waals surface area (Å²) in [6, 6.07) is 9.02. The lowest BCUT2D eigenvalue weighted by Crippen LogP contribution is -2.44. The molecule has 0 spiro atoms. The van der Waals surface area contributed by atoms with E-state index in [1.807, 2.05) is 12.1 Å². The second-order valence-corrected chi connectivity index (χ2v) is 8.16. The molecule has 1 aromatic heterocycles. The highest BCUT2D eigenvalue weighted by Crippen LogP contribution is 2.23. The molecule has 6 nitrogen and oxygen atoms in total. The maximum Gasteiger partial charge on any atom is 0.236 e. The molecule has 1 saturated heterocycles. The first kappa shape index (κ1) is 21.7. The Morgan fingerprint density at radius 3 is 2.62 bits per heavy atom. The fourth-order valence-electron chi connectivity index (χ4n) is 3.40. The summed E-state index contributed by atoms with van der Waals surface area (Å²) in [5.74, 6) is 0.803. The molecule has 3 rings (SSSR count). The van der Waals surface area contributed by atoms with Crippen LogP contribution in [-0.2, 0) is 22.7 Å². The van der Waals surface area contributed by atoms with Gasteiger partial charge in [0, 0.05) is 19.5 Å². The number of furan rings is 1. The van der Waals surface area contributed by atoms with Crippen LogP contribution in [-0.4, -0.2) is 48.3 Å². The zero-order valence-corrected chi connectivity index (χ0v) is 17.9. The second-order valence-electron chi connectivity index (χ2n) is 7.35. The topological polar surface area (TPSA) is 65.8 Å². The van der Waals surface area contributed by atoms with Gasteiger partial charge in [-0.3, -0.25) is 14.5 Å². The van der Waals surface area contributed by atoms with Crippen LogP contribution in [0.15, 0.2) is 41.0 Å². The predicted octanol–water partition coefficient (Wildman–Crippen LogP) is 3.57. The molecule has 1 aromatic carbocycles. The van der Waals surface area contributed by atoms with E-state index in [0.717, 1.165) is 37.3 Å². The van der Waals surface area contributed by atoms with Crippen molar-refractivity contribution in [3.8, 4) is 0 Å². The average molecular weight is 438 g/mol. The van der Waals surface area contributed by atoms with Crippen LogP contribution >= 0.6 is 23.2 Å². The third kappa shape index (κ3) is 6.23. The lowest BCUT2D eigenvalue weighted by Gasteiger charge is -2.31. The first-order valence-corrected chi connectivity index (χ1v) is 10.4.